The predicted molar refractivity (Wildman–Crippen MR) is 84.8 cm³/mol. The van der Waals surface area contributed by atoms with Gasteiger partial charge in [0.25, 0.3) is 0 Å². The molecule has 1 aromatic carbocycles. The predicted octanol–water partition coefficient (Wildman–Crippen LogP) is 3.66. The number of rotatable bonds is 4. The largest absolute Gasteiger partial charge is 0.478 e. The van der Waals surface area contributed by atoms with Crippen LogP contribution in [-0.2, 0) is 4.79 Å². The molecule has 108 valence electrons. The third-order valence-electron chi connectivity index (χ3n) is 3.07. The van der Waals surface area contributed by atoms with Crippen LogP contribution in [0, 0.1) is 11.3 Å². The number of hydrogen-bond acceptors (Lipinski definition) is 3. The van der Waals surface area contributed by atoms with Gasteiger partial charge in [0.05, 0.1) is 22.9 Å². The number of nitrogens with zero attached hydrogens (tertiary/aromatic N) is 2. The SMILES string of the molecule is C/C=C/C=C(/C(=O)O)c1ccc(-c2ccc(C#N)cc2)nc1. The zero-order valence-electron chi connectivity index (χ0n) is 12.0. The van der Waals surface area contributed by atoms with E-state index >= 15 is 0 Å². The third-order valence-corrected chi connectivity index (χ3v) is 3.07. The number of carboxylic acids is 1. The maximum atomic E-state index is 11.3. The fourth-order valence-corrected chi connectivity index (χ4v) is 1.92. The van der Waals surface area contributed by atoms with E-state index < -0.39 is 5.97 Å². The van der Waals surface area contributed by atoms with Crippen LogP contribution >= 0.6 is 0 Å². The van der Waals surface area contributed by atoms with Crippen molar-refractivity contribution in [1.29, 1.82) is 5.26 Å². The van der Waals surface area contributed by atoms with Gasteiger partial charge >= 0.3 is 5.97 Å². The first-order chi connectivity index (χ1) is 10.7. The first-order valence-corrected chi connectivity index (χ1v) is 6.69. The highest BCUT2D eigenvalue weighted by atomic mass is 16.4. The van der Waals surface area contributed by atoms with E-state index in [1.807, 2.05) is 19.1 Å². The summed E-state index contributed by atoms with van der Waals surface area (Å²) in [7, 11) is 0. The molecule has 0 bridgehead atoms. The van der Waals surface area contributed by atoms with Gasteiger partial charge in [0.15, 0.2) is 0 Å². The normalized spacial score (nSPS) is 11.4. The second-order valence-corrected chi connectivity index (χ2v) is 4.53. The minimum Gasteiger partial charge on any atom is -0.478 e. The van der Waals surface area contributed by atoms with Crippen molar-refractivity contribution in [1.82, 2.24) is 4.98 Å². The molecule has 1 aromatic heterocycles. The standard InChI is InChI=1S/C18H14N2O2/c1-2-3-4-16(18(21)22)15-9-10-17(20-12-15)14-7-5-13(11-19)6-8-14/h2-10,12H,1H3,(H,21,22)/b3-2+,16-4+. The Bertz CT molecular complexity index is 764. The van der Waals surface area contributed by atoms with Crippen molar-refractivity contribution in [3.05, 3.63) is 72.0 Å². The van der Waals surface area contributed by atoms with Crippen molar-refractivity contribution in [2.24, 2.45) is 0 Å². The highest BCUT2D eigenvalue weighted by molar-refractivity contribution is 6.15. The molecular formula is C18H14N2O2. The molecule has 4 heteroatoms. The van der Waals surface area contributed by atoms with Crippen LogP contribution in [0.4, 0.5) is 0 Å². The van der Waals surface area contributed by atoms with Crippen molar-refractivity contribution in [2.75, 3.05) is 0 Å². The summed E-state index contributed by atoms with van der Waals surface area (Å²) in [6, 6.07) is 12.6. The van der Waals surface area contributed by atoms with Gasteiger partial charge in [0.2, 0.25) is 0 Å². The molecule has 0 amide bonds. The Kier molecular flexibility index (Phi) is 4.84. The fraction of sp³-hybridized carbons (Fsp3) is 0.0556. The van der Waals surface area contributed by atoms with Crippen molar-refractivity contribution < 1.29 is 9.90 Å². The molecule has 22 heavy (non-hydrogen) atoms. The monoisotopic (exact) mass is 290 g/mol. The van der Waals surface area contributed by atoms with Crippen molar-refractivity contribution >= 4 is 11.5 Å². The smallest absolute Gasteiger partial charge is 0.336 e. The second-order valence-electron chi connectivity index (χ2n) is 4.53. The maximum absolute atomic E-state index is 11.3. The summed E-state index contributed by atoms with van der Waals surface area (Å²) in [6.07, 6.45) is 6.52. The molecule has 0 atom stereocenters. The summed E-state index contributed by atoms with van der Waals surface area (Å²) < 4.78 is 0. The lowest BCUT2D eigenvalue weighted by Crippen LogP contribution is -2.00. The Labute approximate surface area is 128 Å². The topological polar surface area (TPSA) is 74.0 Å². The van der Waals surface area contributed by atoms with Gasteiger partial charge < -0.3 is 5.11 Å². The number of allylic oxidation sites excluding steroid dienone is 3. The molecule has 0 spiro atoms. The van der Waals surface area contributed by atoms with Crippen LogP contribution in [0.25, 0.3) is 16.8 Å². The summed E-state index contributed by atoms with van der Waals surface area (Å²) in [5.41, 5.74) is 2.92. The Hall–Kier alpha value is -3.19. The van der Waals surface area contributed by atoms with Crippen LogP contribution in [0.15, 0.2) is 60.8 Å². The lowest BCUT2D eigenvalue weighted by Gasteiger charge is -2.04. The molecule has 0 aliphatic heterocycles. The van der Waals surface area contributed by atoms with Crippen molar-refractivity contribution in [3.63, 3.8) is 0 Å². The fourth-order valence-electron chi connectivity index (χ4n) is 1.92. The Morgan fingerprint density at radius 1 is 1.23 bits per heavy atom. The molecule has 0 saturated heterocycles. The van der Waals surface area contributed by atoms with Gasteiger partial charge in [-0.2, -0.15) is 5.26 Å². The number of benzene rings is 1. The molecule has 0 saturated carbocycles. The molecule has 1 N–H and O–H groups in total. The Morgan fingerprint density at radius 2 is 1.95 bits per heavy atom. The molecule has 0 aliphatic rings. The minimum absolute atomic E-state index is 0.192. The van der Waals surface area contributed by atoms with Gasteiger partial charge in [0.1, 0.15) is 0 Å². The lowest BCUT2D eigenvalue weighted by molar-refractivity contribution is -0.130. The van der Waals surface area contributed by atoms with Gasteiger partial charge in [-0.25, -0.2) is 4.79 Å². The number of pyridine rings is 1. The summed E-state index contributed by atoms with van der Waals surface area (Å²) >= 11 is 0. The number of carboxylic acid groups (broad SMARTS) is 1. The van der Waals surface area contributed by atoms with Crippen LogP contribution in [-0.4, -0.2) is 16.1 Å². The summed E-state index contributed by atoms with van der Waals surface area (Å²) in [5, 5.41) is 18.0. The Balaban J connectivity index is 2.33. The number of aliphatic carboxylic acids is 1. The van der Waals surface area contributed by atoms with Crippen LogP contribution in [0.2, 0.25) is 0 Å². The van der Waals surface area contributed by atoms with Gasteiger partial charge in [-0.1, -0.05) is 30.4 Å². The third kappa shape index (κ3) is 3.47. The molecule has 2 rings (SSSR count). The highest BCUT2D eigenvalue weighted by Gasteiger charge is 2.10. The van der Waals surface area contributed by atoms with Gasteiger partial charge in [-0.15, -0.1) is 0 Å². The van der Waals surface area contributed by atoms with Crippen molar-refractivity contribution in [2.45, 2.75) is 6.92 Å². The number of nitriles is 1. The summed E-state index contributed by atoms with van der Waals surface area (Å²) in [4.78, 5) is 15.6. The molecule has 2 aromatic rings. The number of carbonyl (C=O) groups is 1. The number of aromatic nitrogens is 1. The Morgan fingerprint density at radius 3 is 2.45 bits per heavy atom. The van der Waals surface area contributed by atoms with Crippen molar-refractivity contribution in [3.8, 4) is 17.3 Å². The maximum Gasteiger partial charge on any atom is 0.336 e. The van der Waals surface area contributed by atoms with E-state index in [-0.39, 0.29) is 5.57 Å². The molecular weight excluding hydrogens is 276 g/mol. The van der Waals surface area contributed by atoms with E-state index in [1.54, 1.807) is 42.5 Å². The van der Waals surface area contributed by atoms with E-state index in [9.17, 15) is 9.90 Å². The zero-order valence-corrected chi connectivity index (χ0v) is 12.0. The average molecular weight is 290 g/mol. The summed E-state index contributed by atoms with van der Waals surface area (Å²) in [6.45, 7) is 1.82. The van der Waals surface area contributed by atoms with Crippen LogP contribution in [0.3, 0.4) is 0 Å². The molecule has 0 unspecified atom stereocenters. The molecule has 0 aliphatic carbocycles. The van der Waals surface area contributed by atoms with E-state index in [2.05, 4.69) is 11.1 Å². The van der Waals surface area contributed by atoms with Crippen LogP contribution < -0.4 is 0 Å². The van der Waals surface area contributed by atoms with Gasteiger partial charge in [-0.3, -0.25) is 4.98 Å². The highest BCUT2D eigenvalue weighted by Crippen LogP contribution is 2.20. The van der Waals surface area contributed by atoms with E-state index in [4.69, 9.17) is 5.26 Å². The average Bonchev–Trinajstić information content (AvgIpc) is 2.55. The van der Waals surface area contributed by atoms with E-state index in [0.29, 0.717) is 11.1 Å². The molecule has 4 nitrogen and oxygen atoms in total. The molecule has 1 heterocycles. The first-order valence-electron chi connectivity index (χ1n) is 6.69. The molecule has 0 radical (unpaired) electrons. The van der Waals surface area contributed by atoms with E-state index in [0.717, 1.165) is 11.3 Å². The van der Waals surface area contributed by atoms with E-state index in [1.165, 1.54) is 6.20 Å². The minimum atomic E-state index is -0.994. The van der Waals surface area contributed by atoms with Gasteiger partial charge in [0, 0.05) is 17.3 Å². The molecule has 0 fully saturated rings. The lowest BCUT2D eigenvalue weighted by atomic mass is 10.0. The zero-order chi connectivity index (χ0) is 15.9. The van der Waals surface area contributed by atoms with Crippen LogP contribution in [0.1, 0.15) is 18.1 Å². The van der Waals surface area contributed by atoms with Gasteiger partial charge in [-0.05, 0) is 31.2 Å². The quantitative estimate of drug-likeness (QED) is 0.688. The second kappa shape index (κ2) is 7.00. The summed E-state index contributed by atoms with van der Waals surface area (Å²) in [5.74, 6) is -0.994. The number of hydrogen-bond donors (Lipinski definition) is 1. The first kappa shape index (κ1) is 15.2. The van der Waals surface area contributed by atoms with Crippen LogP contribution in [0.5, 0.6) is 0 Å².